The number of aromatic nitrogens is 2. The van der Waals surface area contributed by atoms with Gasteiger partial charge in [0.05, 0.1) is 5.52 Å². The quantitative estimate of drug-likeness (QED) is 0.796. The molecule has 1 aliphatic heterocycles. The highest BCUT2D eigenvalue weighted by Crippen LogP contribution is 2.28. The van der Waals surface area contributed by atoms with E-state index in [0.29, 0.717) is 5.25 Å². The van der Waals surface area contributed by atoms with Crippen molar-refractivity contribution < 1.29 is 0 Å². The average molecular weight is 260 g/mol. The molecule has 3 rings (SSSR count). The summed E-state index contributed by atoms with van der Waals surface area (Å²) in [6.45, 7) is 4.35. The van der Waals surface area contributed by atoms with Gasteiger partial charge in [0.2, 0.25) is 0 Å². The van der Waals surface area contributed by atoms with E-state index in [9.17, 15) is 0 Å². The molecule has 4 nitrogen and oxygen atoms in total. The molecule has 1 unspecified atom stereocenters. The number of nitrogen functional groups attached to an aromatic ring is 1. The Labute approximate surface area is 111 Å². The maximum atomic E-state index is 5.80. The van der Waals surface area contributed by atoms with Crippen molar-refractivity contribution in [2.24, 2.45) is 0 Å². The van der Waals surface area contributed by atoms with Crippen molar-refractivity contribution in [3.63, 3.8) is 0 Å². The first kappa shape index (κ1) is 11.6. The number of benzene rings is 1. The fraction of sp³-hybridized carbons (Fsp3) is 0.385. The van der Waals surface area contributed by atoms with Crippen molar-refractivity contribution in [1.29, 1.82) is 0 Å². The maximum absolute atomic E-state index is 5.80. The van der Waals surface area contributed by atoms with Crippen LogP contribution >= 0.6 is 11.8 Å². The number of anilines is 2. The van der Waals surface area contributed by atoms with E-state index in [-0.39, 0.29) is 0 Å². The van der Waals surface area contributed by atoms with Crippen LogP contribution in [0.25, 0.3) is 10.9 Å². The van der Waals surface area contributed by atoms with Crippen molar-refractivity contribution in [1.82, 2.24) is 9.97 Å². The molecule has 1 atom stereocenters. The highest BCUT2D eigenvalue weighted by molar-refractivity contribution is 8.00. The van der Waals surface area contributed by atoms with Gasteiger partial charge >= 0.3 is 0 Å². The first-order valence-electron chi connectivity index (χ1n) is 6.11. The van der Waals surface area contributed by atoms with Crippen molar-refractivity contribution in [3.05, 3.63) is 24.5 Å². The summed E-state index contributed by atoms with van der Waals surface area (Å²) in [5.41, 5.74) is 7.46. The highest BCUT2D eigenvalue weighted by Gasteiger charge is 2.19. The molecule has 0 radical (unpaired) electrons. The number of thioether (sulfide) groups is 1. The van der Waals surface area contributed by atoms with E-state index in [1.54, 1.807) is 6.33 Å². The Morgan fingerprint density at radius 1 is 1.39 bits per heavy atom. The maximum Gasteiger partial charge on any atom is 0.139 e. The molecule has 1 aromatic heterocycles. The molecule has 0 aliphatic carbocycles. The first-order valence-corrected chi connectivity index (χ1v) is 7.16. The summed E-state index contributed by atoms with van der Waals surface area (Å²) in [5.74, 6) is 2.19. The highest BCUT2D eigenvalue weighted by atomic mass is 32.2. The zero-order valence-electron chi connectivity index (χ0n) is 10.3. The van der Waals surface area contributed by atoms with Gasteiger partial charge in [-0.25, -0.2) is 9.97 Å². The summed E-state index contributed by atoms with van der Waals surface area (Å²) in [7, 11) is 0. The van der Waals surface area contributed by atoms with Crippen molar-refractivity contribution >= 4 is 34.2 Å². The lowest BCUT2D eigenvalue weighted by atomic mass is 10.2. The second-order valence-electron chi connectivity index (χ2n) is 4.60. The lowest BCUT2D eigenvalue weighted by molar-refractivity contribution is 0.772. The summed E-state index contributed by atoms with van der Waals surface area (Å²) in [6, 6.07) is 5.84. The van der Waals surface area contributed by atoms with Crippen LogP contribution in [0.4, 0.5) is 11.5 Å². The minimum absolute atomic E-state index is 0.651. The van der Waals surface area contributed by atoms with E-state index in [4.69, 9.17) is 5.73 Å². The van der Waals surface area contributed by atoms with Crippen molar-refractivity contribution in [2.45, 2.75) is 12.2 Å². The number of fused-ring (bicyclic) bond motifs is 1. The van der Waals surface area contributed by atoms with E-state index in [1.807, 2.05) is 30.0 Å². The molecular weight excluding hydrogens is 244 g/mol. The average Bonchev–Trinajstić information content (AvgIpc) is 2.37. The molecule has 0 bridgehead atoms. The van der Waals surface area contributed by atoms with E-state index < -0.39 is 0 Å². The van der Waals surface area contributed by atoms with Gasteiger partial charge in [-0.05, 0) is 18.2 Å². The van der Waals surface area contributed by atoms with Crippen molar-refractivity contribution in [3.8, 4) is 0 Å². The lowest BCUT2D eigenvalue weighted by Gasteiger charge is -2.32. The zero-order valence-corrected chi connectivity index (χ0v) is 11.2. The van der Waals surface area contributed by atoms with Crippen LogP contribution in [0.15, 0.2) is 24.5 Å². The van der Waals surface area contributed by atoms with Gasteiger partial charge in [0.1, 0.15) is 12.1 Å². The summed E-state index contributed by atoms with van der Waals surface area (Å²) < 4.78 is 0. The molecule has 2 N–H and O–H groups in total. The van der Waals surface area contributed by atoms with Crippen LogP contribution in [0.5, 0.6) is 0 Å². The van der Waals surface area contributed by atoms with Gasteiger partial charge in [-0.3, -0.25) is 0 Å². The minimum Gasteiger partial charge on any atom is -0.399 e. The van der Waals surface area contributed by atoms with E-state index in [2.05, 4.69) is 21.8 Å². The number of rotatable bonds is 1. The Hall–Kier alpha value is -1.49. The molecular formula is C13H16N4S. The predicted molar refractivity (Wildman–Crippen MR) is 78.1 cm³/mol. The molecule has 1 saturated heterocycles. The van der Waals surface area contributed by atoms with Crippen LogP contribution in [-0.2, 0) is 0 Å². The van der Waals surface area contributed by atoms with Crippen LogP contribution in [0.1, 0.15) is 6.92 Å². The van der Waals surface area contributed by atoms with Gasteiger partial charge in [0.25, 0.3) is 0 Å². The molecule has 1 aliphatic rings. The monoisotopic (exact) mass is 260 g/mol. The Kier molecular flexibility index (Phi) is 2.99. The second kappa shape index (κ2) is 4.65. The van der Waals surface area contributed by atoms with E-state index >= 15 is 0 Å². The molecule has 2 heterocycles. The Morgan fingerprint density at radius 3 is 3.11 bits per heavy atom. The van der Waals surface area contributed by atoms with Gasteiger partial charge in [0.15, 0.2) is 0 Å². The molecule has 1 aromatic carbocycles. The van der Waals surface area contributed by atoms with E-state index in [1.165, 1.54) is 0 Å². The topological polar surface area (TPSA) is 55.0 Å². The molecule has 0 amide bonds. The first-order chi connectivity index (χ1) is 8.74. The molecule has 18 heavy (non-hydrogen) atoms. The number of nitrogens with zero attached hydrogens (tertiary/aromatic N) is 3. The Bertz CT molecular complexity index is 572. The zero-order chi connectivity index (χ0) is 12.5. The van der Waals surface area contributed by atoms with Gasteiger partial charge in [-0.2, -0.15) is 11.8 Å². The Morgan fingerprint density at radius 2 is 2.28 bits per heavy atom. The lowest BCUT2D eigenvalue weighted by Crippen LogP contribution is -2.37. The summed E-state index contributed by atoms with van der Waals surface area (Å²) in [5, 5.41) is 1.74. The third-order valence-electron chi connectivity index (χ3n) is 3.18. The second-order valence-corrected chi connectivity index (χ2v) is 6.15. The Balaban J connectivity index is 2.05. The van der Waals surface area contributed by atoms with Crippen LogP contribution in [-0.4, -0.2) is 34.1 Å². The van der Waals surface area contributed by atoms with Gasteiger partial charge in [-0.1, -0.05) is 6.92 Å². The number of hydrogen-bond acceptors (Lipinski definition) is 5. The molecule has 2 aromatic rings. The number of nitrogens with two attached hydrogens (primary N) is 1. The SMILES string of the molecule is CC1CN(c2ncnc3cc(N)ccc23)CCS1. The molecule has 1 fully saturated rings. The van der Waals surface area contributed by atoms with Crippen LogP contribution in [0.2, 0.25) is 0 Å². The molecule has 0 spiro atoms. The summed E-state index contributed by atoms with van der Waals surface area (Å²) in [4.78, 5) is 11.1. The van der Waals surface area contributed by atoms with Gasteiger partial charge in [0, 0.05) is 35.2 Å². The molecule has 5 heteroatoms. The number of hydrogen-bond donors (Lipinski definition) is 1. The normalized spacial score (nSPS) is 20.3. The molecule has 0 saturated carbocycles. The third kappa shape index (κ3) is 2.10. The summed E-state index contributed by atoms with van der Waals surface area (Å²) >= 11 is 2.02. The summed E-state index contributed by atoms with van der Waals surface area (Å²) in [6.07, 6.45) is 1.63. The standard InChI is InChI=1S/C13H16N4S/c1-9-7-17(4-5-18-9)13-11-3-2-10(14)6-12(11)15-8-16-13/h2-3,6,8-9H,4-5,7,14H2,1H3. The van der Waals surface area contributed by atoms with Gasteiger partial charge < -0.3 is 10.6 Å². The van der Waals surface area contributed by atoms with Gasteiger partial charge in [-0.15, -0.1) is 0 Å². The fourth-order valence-corrected chi connectivity index (χ4v) is 3.34. The van der Waals surface area contributed by atoms with Crippen LogP contribution in [0, 0.1) is 0 Å². The van der Waals surface area contributed by atoms with Crippen LogP contribution in [0.3, 0.4) is 0 Å². The van der Waals surface area contributed by atoms with E-state index in [0.717, 1.165) is 41.3 Å². The van der Waals surface area contributed by atoms with Crippen molar-refractivity contribution in [2.75, 3.05) is 29.5 Å². The fourth-order valence-electron chi connectivity index (χ4n) is 2.32. The third-order valence-corrected chi connectivity index (χ3v) is 4.32. The molecule has 94 valence electrons. The minimum atomic E-state index is 0.651. The largest absolute Gasteiger partial charge is 0.399 e. The van der Waals surface area contributed by atoms with Crippen LogP contribution < -0.4 is 10.6 Å². The predicted octanol–water partition coefficient (Wildman–Crippen LogP) is 2.15. The smallest absolute Gasteiger partial charge is 0.139 e.